The SMILES string of the molecule is CC/C(C)=C/CC/C(C)=C/CC/C(C)=C/CC/C(C)=C/CC/C(C)=C/CC/C(C)=C/CC/C(C)=C/CC/C(C)=C/CC/C(C)=C/CC/C(C)=[CH]/[Al]([CH3])[CH3]. The summed E-state index contributed by atoms with van der Waals surface area (Å²) in [4.78, 5) is 2.53. The first kappa shape index (κ1) is 50.9. The predicted molar refractivity (Wildman–Crippen MR) is 248 cm³/mol. The number of allylic oxidation sites excluding steroid dienone is 19. The van der Waals surface area contributed by atoms with Crippen molar-refractivity contribution in [2.75, 3.05) is 0 Å². The summed E-state index contributed by atoms with van der Waals surface area (Å²) in [5, 5.41) is 0. The van der Waals surface area contributed by atoms with Crippen molar-refractivity contribution in [3.63, 3.8) is 0 Å². The molecular formula is C52H87Al. The Balaban J connectivity index is 4.25. The molecule has 0 saturated heterocycles. The second-order valence-electron chi connectivity index (χ2n) is 16.9. The molecule has 0 fully saturated rings. The van der Waals surface area contributed by atoms with Crippen molar-refractivity contribution in [3.8, 4) is 0 Å². The molecule has 53 heavy (non-hydrogen) atoms. The topological polar surface area (TPSA) is 0 Å². The Bertz CT molecular complexity index is 1310. The van der Waals surface area contributed by atoms with Gasteiger partial charge in [0.15, 0.2) is 0 Å². The fourth-order valence-electron chi connectivity index (χ4n) is 6.53. The maximum Gasteiger partial charge on any atom is 0.288 e. The monoisotopic (exact) mass is 739 g/mol. The van der Waals surface area contributed by atoms with E-state index in [9.17, 15) is 0 Å². The van der Waals surface area contributed by atoms with Gasteiger partial charge in [0.2, 0.25) is 0 Å². The van der Waals surface area contributed by atoms with Gasteiger partial charge in [0.25, 0.3) is 14.1 Å². The molecule has 0 N–H and O–H groups in total. The first-order valence-electron chi connectivity index (χ1n) is 21.8. The lowest BCUT2D eigenvalue weighted by molar-refractivity contribution is 0.879. The van der Waals surface area contributed by atoms with Gasteiger partial charge in [-0.25, -0.2) is 0 Å². The van der Waals surface area contributed by atoms with E-state index in [2.05, 4.69) is 147 Å². The van der Waals surface area contributed by atoms with Crippen LogP contribution in [0.2, 0.25) is 11.6 Å². The van der Waals surface area contributed by atoms with Crippen molar-refractivity contribution < 1.29 is 0 Å². The molecule has 1 heteroatoms. The number of rotatable bonds is 29. The molecule has 0 aromatic rings. The zero-order valence-electron chi connectivity index (χ0n) is 37.8. The highest BCUT2D eigenvalue weighted by Crippen LogP contribution is 2.18. The van der Waals surface area contributed by atoms with E-state index >= 15 is 0 Å². The Morgan fingerprint density at radius 2 is 0.453 bits per heavy atom. The lowest BCUT2D eigenvalue weighted by Crippen LogP contribution is -1.95. The van der Waals surface area contributed by atoms with Gasteiger partial charge in [-0.1, -0.05) is 117 Å². The van der Waals surface area contributed by atoms with E-state index in [0.29, 0.717) is 0 Å². The molecule has 0 bridgehead atoms. The van der Waals surface area contributed by atoms with E-state index in [4.69, 9.17) is 0 Å². The van der Waals surface area contributed by atoms with E-state index in [-0.39, 0.29) is 0 Å². The van der Waals surface area contributed by atoms with Gasteiger partial charge < -0.3 is 0 Å². The quantitative estimate of drug-likeness (QED) is 0.0529. The summed E-state index contributed by atoms with van der Waals surface area (Å²) in [5.41, 5.74) is 15.4. The highest BCUT2D eigenvalue weighted by Gasteiger charge is 1.99. The van der Waals surface area contributed by atoms with Crippen LogP contribution in [0.15, 0.2) is 115 Å². The lowest BCUT2D eigenvalue weighted by Gasteiger charge is -2.04. The van der Waals surface area contributed by atoms with Gasteiger partial charge in [0, 0.05) is 0 Å². The van der Waals surface area contributed by atoms with Crippen molar-refractivity contribution in [3.05, 3.63) is 115 Å². The Morgan fingerprint density at radius 3 is 0.623 bits per heavy atom. The van der Waals surface area contributed by atoms with Crippen LogP contribution in [-0.4, -0.2) is 14.1 Å². The van der Waals surface area contributed by atoms with E-state index < -0.39 is 14.1 Å². The molecule has 0 spiro atoms. The summed E-state index contributed by atoms with van der Waals surface area (Å²) >= 11 is -0.577. The van der Waals surface area contributed by atoms with Crippen LogP contribution >= 0.6 is 0 Å². The van der Waals surface area contributed by atoms with E-state index in [1.165, 1.54) is 154 Å². The van der Waals surface area contributed by atoms with Crippen LogP contribution < -0.4 is 0 Å². The molecule has 0 aromatic heterocycles. The third-order valence-electron chi connectivity index (χ3n) is 10.5. The Labute approximate surface area is 337 Å². The van der Waals surface area contributed by atoms with Gasteiger partial charge in [0.1, 0.15) is 0 Å². The molecule has 0 heterocycles. The highest BCUT2D eigenvalue weighted by atomic mass is 27.2. The second-order valence-corrected chi connectivity index (χ2v) is 19.7. The van der Waals surface area contributed by atoms with Crippen molar-refractivity contribution >= 4 is 14.1 Å². The summed E-state index contributed by atoms with van der Waals surface area (Å²) in [6.45, 7) is 25.2. The zero-order chi connectivity index (χ0) is 39.9. The minimum Gasteiger partial charge on any atom is -0.146 e. The summed E-state index contributed by atoms with van der Waals surface area (Å²) in [5.74, 6) is 4.80. The van der Waals surface area contributed by atoms with E-state index in [1.54, 1.807) is 11.1 Å². The van der Waals surface area contributed by atoms with Gasteiger partial charge in [-0.3, -0.25) is 0 Å². The normalized spacial score (nSPS) is 15.2. The van der Waals surface area contributed by atoms with Crippen molar-refractivity contribution in [2.45, 2.75) is 210 Å². The van der Waals surface area contributed by atoms with Crippen LogP contribution in [0.4, 0.5) is 0 Å². The van der Waals surface area contributed by atoms with Crippen molar-refractivity contribution in [1.29, 1.82) is 0 Å². The molecule has 0 amide bonds. The smallest absolute Gasteiger partial charge is 0.146 e. The average molecular weight is 739 g/mol. The fourth-order valence-corrected chi connectivity index (χ4v) is 7.83. The van der Waals surface area contributed by atoms with Crippen LogP contribution in [-0.2, 0) is 0 Å². The van der Waals surface area contributed by atoms with E-state index in [0.717, 1.165) is 12.8 Å². The maximum atomic E-state index is 2.53. The summed E-state index contributed by atoms with van der Waals surface area (Å²) in [6.07, 6.45) is 44.6. The average Bonchev–Trinajstić information content (AvgIpc) is 3.07. The molecular weight excluding hydrogens is 652 g/mol. The largest absolute Gasteiger partial charge is 0.288 e. The van der Waals surface area contributed by atoms with Crippen LogP contribution in [0, 0.1) is 0 Å². The molecule has 298 valence electrons. The minimum absolute atomic E-state index is 0.577. The molecule has 0 radical (unpaired) electrons. The maximum absolute atomic E-state index is 2.53. The Morgan fingerprint density at radius 1 is 0.283 bits per heavy atom. The molecule has 0 aliphatic rings. The first-order chi connectivity index (χ1) is 25.2. The van der Waals surface area contributed by atoms with Gasteiger partial charge in [-0.05, 0) is 191 Å². The predicted octanol–water partition coefficient (Wildman–Crippen LogP) is 18.2. The van der Waals surface area contributed by atoms with Crippen molar-refractivity contribution in [1.82, 2.24) is 0 Å². The fraction of sp³-hybridized carbons (Fsp3) is 0.615. The summed E-state index contributed by atoms with van der Waals surface area (Å²) in [7, 11) is 0. The number of hydrogen-bond acceptors (Lipinski definition) is 0. The van der Waals surface area contributed by atoms with E-state index in [1.807, 2.05) is 0 Å². The second kappa shape index (κ2) is 33.3. The molecule has 0 aliphatic heterocycles. The van der Waals surface area contributed by atoms with Crippen LogP contribution in [0.3, 0.4) is 0 Å². The van der Waals surface area contributed by atoms with Gasteiger partial charge in [0.05, 0.1) is 0 Å². The van der Waals surface area contributed by atoms with Gasteiger partial charge in [-0.15, -0.1) is 16.5 Å². The van der Waals surface area contributed by atoms with Crippen LogP contribution in [0.5, 0.6) is 0 Å². The molecule has 0 nitrogen and oxygen atoms in total. The number of hydrogen-bond donors (Lipinski definition) is 0. The summed E-state index contributed by atoms with van der Waals surface area (Å²) < 4.78 is 0. The van der Waals surface area contributed by atoms with Crippen molar-refractivity contribution in [2.24, 2.45) is 0 Å². The third-order valence-corrected chi connectivity index (χ3v) is 11.7. The molecule has 0 rings (SSSR count). The summed E-state index contributed by atoms with van der Waals surface area (Å²) in [6, 6.07) is 0. The van der Waals surface area contributed by atoms with Crippen LogP contribution in [0.1, 0.15) is 198 Å². The van der Waals surface area contributed by atoms with Gasteiger partial charge >= 0.3 is 0 Å². The molecule has 0 aromatic carbocycles. The first-order valence-corrected chi connectivity index (χ1v) is 24.8. The molecule has 0 saturated carbocycles. The highest BCUT2D eigenvalue weighted by molar-refractivity contribution is 6.61. The minimum atomic E-state index is -0.577. The third kappa shape index (κ3) is 34.2. The standard InChI is InChI=1S/C50H81.2CH3.Al/c1-13-42(4)24-15-26-44(6)28-17-30-46(8)32-19-34-48(10)36-21-38-50(12)40-22-39-49(11)37-20-35-47(9)33-18-31-45(7)29-16-27-43(5)25-14-23-41(2)3;;;/h2,24-25,28-29,32-33,36-37,40H,13-23,26-27,30-31,34-35,38-39H2,1,3-12H3;2*1H3;/b41-2?,42-24+,43-25+,44-28+,45-29+,46-32+,47-33+,48-36+,49-37+,50-40+;;;. The molecule has 0 unspecified atom stereocenters. The molecule has 0 atom stereocenters. The zero-order valence-corrected chi connectivity index (χ0v) is 38.9. The Hall–Kier alpha value is -2.07. The van der Waals surface area contributed by atoms with Crippen LogP contribution in [0.25, 0.3) is 0 Å². The Kier molecular flexibility index (Phi) is 32.0. The van der Waals surface area contributed by atoms with Gasteiger partial charge in [-0.2, -0.15) is 0 Å². The molecule has 0 aliphatic carbocycles. The lowest BCUT2D eigenvalue weighted by atomic mass is 10.0.